The van der Waals surface area contributed by atoms with Crippen molar-refractivity contribution in [2.75, 3.05) is 33.7 Å². The van der Waals surface area contributed by atoms with Gasteiger partial charge in [0.1, 0.15) is 6.04 Å². The number of carbonyl (C=O) groups excluding carboxylic acids is 2. The van der Waals surface area contributed by atoms with Gasteiger partial charge in [0.15, 0.2) is 0 Å². The highest BCUT2D eigenvalue weighted by Gasteiger charge is 2.36. The first-order valence-corrected chi connectivity index (χ1v) is 6.98. The molecule has 1 saturated carbocycles. The largest absolute Gasteiger partial charge is 0.352 e. The molecule has 0 aromatic heterocycles. The van der Waals surface area contributed by atoms with Gasteiger partial charge in [-0.2, -0.15) is 0 Å². The summed E-state index contributed by atoms with van der Waals surface area (Å²) >= 11 is 0. The second-order valence-corrected chi connectivity index (χ2v) is 5.65. The minimum absolute atomic E-state index is 0.0426. The van der Waals surface area contributed by atoms with Crippen molar-refractivity contribution < 1.29 is 9.59 Å². The minimum atomic E-state index is -0.253. The highest BCUT2D eigenvalue weighted by molar-refractivity contribution is 5.85. The van der Waals surface area contributed by atoms with E-state index in [1.165, 1.54) is 0 Å². The molecule has 2 unspecified atom stereocenters. The lowest BCUT2D eigenvalue weighted by molar-refractivity contribution is -0.138. The topological polar surface area (TPSA) is 64.7 Å². The van der Waals surface area contributed by atoms with E-state index in [0.717, 1.165) is 25.9 Å². The Morgan fingerprint density at radius 3 is 2.63 bits per heavy atom. The summed E-state index contributed by atoms with van der Waals surface area (Å²) in [6, 6.07) is -0.138. The number of carbonyl (C=O) groups is 2. The van der Waals surface area contributed by atoms with E-state index in [-0.39, 0.29) is 23.9 Å². The molecule has 2 fully saturated rings. The average Bonchev–Trinajstić information content (AvgIpc) is 3.20. The zero-order valence-electron chi connectivity index (χ0n) is 12.0. The molecule has 6 heteroatoms. The number of rotatable bonds is 4. The molecule has 2 aliphatic rings. The molecule has 2 amide bonds. The maximum Gasteiger partial charge on any atom is 0.240 e. The Morgan fingerprint density at radius 2 is 2.05 bits per heavy atom. The van der Waals surface area contributed by atoms with E-state index in [0.29, 0.717) is 12.6 Å². The van der Waals surface area contributed by atoms with E-state index in [1.54, 1.807) is 19.0 Å². The SMILES string of the molecule is CC(C(=O)NC1CC1)N1CCNCC1C(=O)N(C)C. The highest BCUT2D eigenvalue weighted by Crippen LogP contribution is 2.19. The number of likely N-dealkylation sites (N-methyl/N-ethyl adjacent to an activating group) is 1. The number of nitrogens with zero attached hydrogens (tertiary/aromatic N) is 2. The third kappa shape index (κ3) is 3.45. The van der Waals surface area contributed by atoms with E-state index in [4.69, 9.17) is 0 Å². The van der Waals surface area contributed by atoms with Crippen LogP contribution in [0.1, 0.15) is 19.8 Å². The molecule has 2 rings (SSSR count). The second-order valence-electron chi connectivity index (χ2n) is 5.65. The van der Waals surface area contributed by atoms with Crippen molar-refractivity contribution >= 4 is 11.8 Å². The smallest absolute Gasteiger partial charge is 0.240 e. The van der Waals surface area contributed by atoms with Crippen molar-refractivity contribution in [2.45, 2.75) is 37.9 Å². The quantitative estimate of drug-likeness (QED) is 0.687. The molecule has 0 bridgehead atoms. The summed E-state index contributed by atoms with van der Waals surface area (Å²) in [5, 5.41) is 6.24. The van der Waals surface area contributed by atoms with Crippen LogP contribution < -0.4 is 10.6 Å². The summed E-state index contributed by atoms with van der Waals surface area (Å²) in [5.41, 5.74) is 0. The first-order valence-electron chi connectivity index (χ1n) is 6.98. The standard InChI is InChI=1S/C13H24N4O2/c1-9(12(18)15-10-4-5-10)17-7-6-14-8-11(17)13(19)16(2)3/h9-11,14H,4-8H2,1-3H3,(H,15,18). The summed E-state index contributed by atoms with van der Waals surface area (Å²) < 4.78 is 0. The highest BCUT2D eigenvalue weighted by atomic mass is 16.2. The maximum atomic E-state index is 12.2. The van der Waals surface area contributed by atoms with Gasteiger partial charge < -0.3 is 15.5 Å². The van der Waals surface area contributed by atoms with Crippen LogP contribution in [-0.4, -0.2) is 73.5 Å². The van der Waals surface area contributed by atoms with Gasteiger partial charge in [-0.25, -0.2) is 0 Å². The van der Waals surface area contributed by atoms with Crippen molar-refractivity contribution in [3.05, 3.63) is 0 Å². The Kier molecular flexibility index (Phi) is 4.42. The van der Waals surface area contributed by atoms with Gasteiger partial charge in [-0.1, -0.05) is 0 Å². The summed E-state index contributed by atoms with van der Waals surface area (Å²) in [5.74, 6) is 0.0965. The van der Waals surface area contributed by atoms with E-state index in [2.05, 4.69) is 10.6 Å². The van der Waals surface area contributed by atoms with Crippen molar-refractivity contribution in [3.8, 4) is 0 Å². The van der Waals surface area contributed by atoms with Gasteiger partial charge in [-0.3, -0.25) is 14.5 Å². The fourth-order valence-electron chi connectivity index (χ4n) is 2.41. The van der Waals surface area contributed by atoms with Gasteiger partial charge in [0, 0.05) is 39.8 Å². The summed E-state index contributed by atoms with van der Waals surface area (Å²) in [4.78, 5) is 27.9. The van der Waals surface area contributed by atoms with E-state index >= 15 is 0 Å². The van der Waals surface area contributed by atoms with Crippen LogP contribution in [0.4, 0.5) is 0 Å². The lowest BCUT2D eigenvalue weighted by Gasteiger charge is -2.39. The maximum absolute atomic E-state index is 12.2. The molecule has 108 valence electrons. The van der Waals surface area contributed by atoms with Gasteiger partial charge in [0.2, 0.25) is 11.8 Å². The Bertz CT molecular complexity index is 355. The molecular weight excluding hydrogens is 244 g/mol. The fraction of sp³-hybridized carbons (Fsp3) is 0.846. The third-order valence-electron chi connectivity index (χ3n) is 3.81. The zero-order valence-corrected chi connectivity index (χ0v) is 12.0. The number of hydrogen-bond acceptors (Lipinski definition) is 4. The second kappa shape index (κ2) is 5.88. The molecule has 1 saturated heterocycles. The summed E-state index contributed by atoms with van der Waals surface area (Å²) in [7, 11) is 3.51. The Balaban J connectivity index is 2.00. The van der Waals surface area contributed by atoms with Gasteiger partial charge in [-0.15, -0.1) is 0 Å². The lowest BCUT2D eigenvalue weighted by atomic mass is 10.1. The molecule has 0 spiro atoms. The fourth-order valence-corrected chi connectivity index (χ4v) is 2.41. The molecule has 1 aliphatic carbocycles. The van der Waals surface area contributed by atoms with Crippen LogP contribution in [0.3, 0.4) is 0 Å². The zero-order chi connectivity index (χ0) is 14.0. The molecule has 2 atom stereocenters. The lowest BCUT2D eigenvalue weighted by Crippen LogP contribution is -2.62. The Hall–Kier alpha value is -1.14. The average molecular weight is 268 g/mol. The monoisotopic (exact) mass is 268 g/mol. The molecule has 0 aromatic carbocycles. The molecule has 1 heterocycles. The first kappa shape index (κ1) is 14.3. The normalized spacial score (nSPS) is 25.7. The molecule has 1 aliphatic heterocycles. The van der Waals surface area contributed by atoms with Gasteiger partial charge in [0.05, 0.1) is 6.04 Å². The van der Waals surface area contributed by atoms with Gasteiger partial charge >= 0.3 is 0 Å². The number of nitrogens with one attached hydrogen (secondary N) is 2. The van der Waals surface area contributed by atoms with Crippen molar-refractivity contribution in [1.29, 1.82) is 0 Å². The van der Waals surface area contributed by atoms with Crippen LogP contribution in [-0.2, 0) is 9.59 Å². The van der Waals surface area contributed by atoms with Crippen LogP contribution in [0.25, 0.3) is 0 Å². The summed E-state index contributed by atoms with van der Waals surface area (Å²) in [6.45, 7) is 4.04. The van der Waals surface area contributed by atoms with Crippen molar-refractivity contribution in [3.63, 3.8) is 0 Å². The van der Waals surface area contributed by atoms with E-state index in [1.807, 2.05) is 11.8 Å². The van der Waals surface area contributed by atoms with Gasteiger partial charge in [0.25, 0.3) is 0 Å². The first-order chi connectivity index (χ1) is 9.00. The Morgan fingerprint density at radius 1 is 1.37 bits per heavy atom. The predicted octanol–water partition coefficient (Wildman–Crippen LogP) is -0.984. The number of hydrogen-bond donors (Lipinski definition) is 2. The van der Waals surface area contributed by atoms with E-state index < -0.39 is 0 Å². The van der Waals surface area contributed by atoms with Crippen LogP contribution in [0.5, 0.6) is 0 Å². The van der Waals surface area contributed by atoms with Crippen molar-refractivity contribution in [1.82, 2.24) is 20.4 Å². The predicted molar refractivity (Wildman–Crippen MR) is 72.7 cm³/mol. The number of amides is 2. The summed E-state index contributed by atoms with van der Waals surface area (Å²) in [6.07, 6.45) is 2.17. The molecule has 19 heavy (non-hydrogen) atoms. The molecule has 0 aromatic rings. The van der Waals surface area contributed by atoms with Crippen LogP contribution >= 0.6 is 0 Å². The van der Waals surface area contributed by atoms with Gasteiger partial charge in [-0.05, 0) is 19.8 Å². The number of piperazine rings is 1. The Labute approximate surface area is 114 Å². The molecular formula is C13H24N4O2. The minimum Gasteiger partial charge on any atom is -0.352 e. The molecule has 2 N–H and O–H groups in total. The third-order valence-corrected chi connectivity index (χ3v) is 3.81. The van der Waals surface area contributed by atoms with Crippen LogP contribution in [0.15, 0.2) is 0 Å². The van der Waals surface area contributed by atoms with Crippen LogP contribution in [0.2, 0.25) is 0 Å². The molecule has 0 radical (unpaired) electrons. The van der Waals surface area contributed by atoms with Crippen LogP contribution in [0, 0.1) is 0 Å². The van der Waals surface area contributed by atoms with E-state index in [9.17, 15) is 9.59 Å². The molecule has 6 nitrogen and oxygen atoms in total. The van der Waals surface area contributed by atoms with Crippen molar-refractivity contribution in [2.24, 2.45) is 0 Å².